The van der Waals surface area contributed by atoms with E-state index in [9.17, 15) is 8.42 Å². The van der Waals surface area contributed by atoms with Gasteiger partial charge in [-0.05, 0) is 19.8 Å². The number of hydrogen-bond donors (Lipinski definition) is 1. The first-order valence-corrected chi connectivity index (χ1v) is 6.49. The largest absolute Gasteiger partial charge is 0.279 e. The standard InChI is InChI=1S/C8H9NO2S2/c9-12(13(10)11)7-6-8-4-2-1-3-5-8/h1-5,7,9H,6H2. The summed E-state index contributed by atoms with van der Waals surface area (Å²) in [6, 6.07) is 9.48. The van der Waals surface area contributed by atoms with Crippen LogP contribution in [-0.2, 0) is 24.5 Å². The van der Waals surface area contributed by atoms with Crippen molar-refractivity contribution < 1.29 is 8.42 Å². The van der Waals surface area contributed by atoms with Crippen molar-refractivity contribution in [1.82, 2.24) is 0 Å². The van der Waals surface area contributed by atoms with E-state index in [4.69, 9.17) is 4.78 Å². The summed E-state index contributed by atoms with van der Waals surface area (Å²) in [6.07, 6.45) is 0.529. The fraction of sp³-hybridized carbons (Fsp3) is 0.125. The van der Waals surface area contributed by atoms with E-state index in [0.717, 1.165) is 5.56 Å². The van der Waals surface area contributed by atoms with Gasteiger partial charge in [0, 0.05) is 6.42 Å². The molecule has 0 fully saturated rings. The molecule has 70 valence electrons. The van der Waals surface area contributed by atoms with E-state index in [0.29, 0.717) is 6.42 Å². The van der Waals surface area contributed by atoms with Gasteiger partial charge >= 0.3 is 0 Å². The molecule has 5 heteroatoms. The first-order chi connectivity index (χ1) is 6.20. The average molecular weight is 215 g/mol. The highest BCUT2D eigenvalue weighted by Crippen LogP contribution is 1.96. The van der Waals surface area contributed by atoms with Crippen molar-refractivity contribution in [2.24, 2.45) is 0 Å². The highest BCUT2D eigenvalue weighted by atomic mass is 32.8. The highest BCUT2D eigenvalue weighted by molar-refractivity contribution is 8.26. The first-order valence-electron chi connectivity index (χ1n) is 3.61. The summed E-state index contributed by atoms with van der Waals surface area (Å²) in [4.78, 5) is 0. The number of benzene rings is 1. The third-order valence-electron chi connectivity index (χ3n) is 1.46. The van der Waals surface area contributed by atoms with Crippen LogP contribution in [0.3, 0.4) is 0 Å². The Labute approximate surface area is 79.3 Å². The minimum absolute atomic E-state index is 0.529. The normalized spacial score (nSPS) is 9.23. The van der Waals surface area contributed by atoms with Gasteiger partial charge in [0.1, 0.15) is 0 Å². The lowest BCUT2D eigenvalue weighted by atomic mass is 10.2. The van der Waals surface area contributed by atoms with Crippen LogP contribution in [-0.4, -0.2) is 13.8 Å². The predicted octanol–water partition coefficient (Wildman–Crippen LogP) is 1.21. The van der Waals surface area contributed by atoms with E-state index in [1.165, 1.54) is 5.37 Å². The monoisotopic (exact) mass is 215 g/mol. The van der Waals surface area contributed by atoms with Crippen LogP contribution in [0.2, 0.25) is 0 Å². The van der Waals surface area contributed by atoms with E-state index in [1.54, 1.807) is 0 Å². The Morgan fingerprint density at radius 1 is 1.23 bits per heavy atom. The van der Waals surface area contributed by atoms with Gasteiger partial charge in [0.25, 0.3) is 9.26 Å². The number of hydrogen-bond acceptors (Lipinski definition) is 3. The van der Waals surface area contributed by atoms with Gasteiger partial charge < -0.3 is 0 Å². The number of rotatable bonds is 2. The van der Waals surface area contributed by atoms with Gasteiger partial charge in [-0.3, -0.25) is 0 Å². The van der Waals surface area contributed by atoms with Crippen LogP contribution in [0.4, 0.5) is 0 Å². The summed E-state index contributed by atoms with van der Waals surface area (Å²) in [5, 5.41) is 1.48. The van der Waals surface area contributed by atoms with Gasteiger partial charge in [0.2, 0.25) is 0 Å². The second kappa shape index (κ2) is 4.84. The molecular weight excluding hydrogens is 206 g/mol. The van der Waals surface area contributed by atoms with Crippen molar-refractivity contribution in [3.8, 4) is 0 Å². The third kappa shape index (κ3) is 3.43. The van der Waals surface area contributed by atoms with Crippen LogP contribution < -0.4 is 0 Å². The summed E-state index contributed by atoms with van der Waals surface area (Å²) >= 11 is 0. The molecule has 0 aromatic heterocycles. The van der Waals surface area contributed by atoms with E-state index in [2.05, 4.69) is 0 Å². The molecule has 0 unspecified atom stereocenters. The second-order valence-electron chi connectivity index (χ2n) is 2.36. The first kappa shape index (κ1) is 10.0. The maximum Gasteiger partial charge on any atom is 0.279 e. The molecule has 1 aromatic carbocycles. The molecule has 0 saturated carbocycles. The molecular formula is C8H9NO2S2. The Morgan fingerprint density at radius 2 is 1.85 bits per heavy atom. The Hall–Kier alpha value is -1.07. The molecule has 0 aliphatic carbocycles. The molecule has 0 spiro atoms. The fourth-order valence-corrected chi connectivity index (χ4v) is 1.83. The SMILES string of the molecule is N=S(=CCc1ccccc1)=S(=O)=O. The van der Waals surface area contributed by atoms with Crippen molar-refractivity contribution in [2.45, 2.75) is 6.42 Å². The van der Waals surface area contributed by atoms with Gasteiger partial charge in [-0.2, -0.15) is 8.42 Å². The van der Waals surface area contributed by atoms with Gasteiger partial charge in [-0.25, -0.2) is 4.78 Å². The topological polar surface area (TPSA) is 58.0 Å². The lowest BCUT2D eigenvalue weighted by Crippen LogP contribution is -1.84. The molecule has 3 nitrogen and oxygen atoms in total. The van der Waals surface area contributed by atoms with Crippen LogP contribution in [0.1, 0.15) is 5.56 Å². The van der Waals surface area contributed by atoms with Gasteiger partial charge in [-0.1, -0.05) is 30.3 Å². The quantitative estimate of drug-likeness (QED) is 0.754. The maximum atomic E-state index is 10.3. The van der Waals surface area contributed by atoms with Crippen molar-refractivity contribution in [3.63, 3.8) is 0 Å². The molecule has 0 aliphatic rings. The Bertz CT molecular complexity index is 507. The summed E-state index contributed by atoms with van der Waals surface area (Å²) in [5.41, 5.74) is 1.03. The Kier molecular flexibility index (Phi) is 3.72. The van der Waals surface area contributed by atoms with E-state index in [-0.39, 0.29) is 0 Å². The van der Waals surface area contributed by atoms with Crippen LogP contribution >= 0.6 is 0 Å². The third-order valence-corrected chi connectivity index (χ3v) is 3.51. The van der Waals surface area contributed by atoms with Gasteiger partial charge in [-0.15, -0.1) is 0 Å². The van der Waals surface area contributed by atoms with Crippen LogP contribution in [0, 0.1) is 4.78 Å². The predicted molar refractivity (Wildman–Crippen MR) is 55.2 cm³/mol. The molecule has 0 aliphatic heterocycles. The summed E-state index contributed by atoms with van der Waals surface area (Å²) < 4.78 is 27.8. The highest BCUT2D eigenvalue weighted by Gasteiger charge is 1.85. The molecule has 0 atom stereocenters. The Morgan fingerprint density at radius 3 is 2.38 bits per heavy atom. The minimum atomic E-state index is -2.30. The zero-order chi connectivity index (χ0) is 9.68. The molecule has 13 heavy (non-hydrogen) atoms. The molecule has 0 heterocycles. The van der Waals surface area contributed by atoms with Crippen molar-refractivity contribution in [2.75, 3.05) is 0 Å². The molecule has 1 rings (SSSR count). The molecule has 0 saturated heterocycles. The van der Waals surface area contributed by atoms with E-state index >= 15 is 0 Å². The summed E-state index contributed by atoms with van der Waals surface area (Å²) in [6.45, 7) is 0. The van der Waals surface area contributed by atoms with Crippen LogP contribution in [0.25, 0.3) is 0 Å². The van der Waals surface area contributed by atoms with Crippen LogP contribution in [0.15, 0.2) is 30.3 Å². The molecule has 1 N–H and O–H groups in total. The molecule has 0 radical (unpaired) electrons. The smallest absolute Gasteiger partial charge is 0.243 e. The molecule has 0 bridgehead atoms. The zero-order valence-electron chi connectivity index (χ0n) is 6.80. The fourth-order valence-electron chi connectivity index (χ4n) is 0.842. The minimum Gasteiger partial charge on any atom is -0.243 e. The lowest BCUT2D eigenvalue weighted by molar-refractivity contribution is 0.628. The van der Waals surface area contributed by atoms with Crippen LogP contribution in [0.5, 0.6) is 0 Å². The van der Waals surface area contributed by atoms with E-state index in [1.807, 2.05) is 30.3 Å². The van der Waals surface area contributed by atoms with E-state index < -0.39 is 18.1 Å². The van der Waals surface area contributed by atoms with Gasteiger partial charge in [0.15, 0.2) is 0 Å². The Balaban J connectivity index is 2.93. The van der Waals surface area contributed by atoms with Crippen molar-refractivity contribution in [3.05, 3.63) is 35.9 Å². The molecule has 0 amide bonds. The lowest BCUT2D eigenvalue weighted by Gasteiger charge is -1.91. The second-order valence-corrected chi connectivity index (χ2v) is 5.59. The van der Waals surface area contributed by atoms with Crippen molar-refractivity contribution >= 4 is 23.5 Å². The average Bonchev–Trinajstić information content (AvgIpc) is 2.15. The van der Waals surface area contributed by atoms with Crippen molar-refractivity contribution in [1.29, 1.82) is 4.78 Å². The molecule has 1 aromatic rings. The zero-order valence-corrected chi connectivity index (χ0v) is 8.44. The summed E-state index contributed by atoms with van der Waals surface area (Å²) in [7, 11) is -3.68. The van der Waals surface area contributed by atoms with Gasteiger partial charge in [0.05, 0.1) is 0 Å². The maximum absolute atomic E-state index is 10.3. The number of nitrogens with one attached hydrogen (secondary N) is 1. The summed E-state index contributed by atoms with van der Waals surface area (Å²) in [5.74, 6) is 0.